The second-order valence-corrected chi connectivity index (χ2v) is 8.06. The van der Waals surface area contributed by atoms with Gasteiger partial charge in [0.1, 0.15) is 0 Å². The maximum atomic E-state index is 12.9. The molecule has 1 amide bonds. The molecule has 1 aliphatic heterocycles. The average molecular weight is 389 g/mol. The van der Waals surface area contributed by atoms with Gasteiger partial charge in [-0.05, 0) is 50.8 Å². The number of anilines is 1. The number of hydrogen-bond acceptors (Lipinski definition) is 4. The van der Waals surface area contributed by atoms with Crippen molar-refractivity contribution in [1.29, 1.82) is 0 Å². The highest BCUT2D eigenvalue weighted by molar-refractivity contribution is 5.83. The van der Waals surface area contributed by atoms with Gasteiger partial charge in [-0.2, -0.15) is 0 Å². The van der Waals surface area contributed by atoms with Gasteiger partial charge >= 0.3 is 0 Å². The van der Waals surface area contributed by atoms with Crippen LogP contribution in [-0.2, 0) is 4.79 Å². The molecule has 1 N–H and O–H groups in total. The van der Waals surface area contributed by atoms with E-state index in [-0.39, 0.29) is 17.9 Å². The highest BCUT2D eigenvalue weighted by atomic mass is 16.2. The van der Waals surface area contributed by atoms with Crippen molar-refractivity contribution in [3.05, 3.63) is 65.4 Å². The largest absolute Gasteiger partial charge is 0.349 e. The van der Waals surface area contributed by atoms with Gasteiger partial charge in [0.15, 0.2) is 0 Å². The quantitative estimate of drug-likeness (QED) is 0.722. The molecule has 0 aliphatic carbocycles. The van der Waals surface area contributed by atoms with E-state index in [1.807, 2.05) is 44.2 Å². The van der Waals surface area contributed by atoms with Gasteiger partial charge in [-0.3, -0.25) is 4.79 Å². The molecule has 1 fully saturated rings. The maximum Gasteiger partial charge on any atom is 0.226 e. The maximum absolute atomic E-state index is 12.9. The number of hydrogen-bond donors (Lipinski definition) is 1. The number of benzene rings is 2. The van der Waals surface area contributed by atoms with E-state index in [4.69, 9.17) is 9.97 Å². The van der Waals surface area contributed by atoms with Crippen LogP contribution < -0.4 is 10.2 Å². The first-order valence-corrected chi connectivity index (χ1v) is 10.4. The van der Waals surface area contributed by atoms with E-state index < -0.39 is 0 Å². The second-order valence-electron chi connectivity index (χ2n) is 8.06. The SMILES string of the molecule is Cc1ccc2c(C)nc(N3CCC[C@@H](C(=O)N[C@@H](C)c4ccccc4)C3)nc2c1. The third-order valence-electron chi connectivity index (χ3n) is 5.76. The van der Waals surface area contributed by atoms with Crippen LogP contribution in [-0.4, -0.2) is 29.0 Å². The summed E-state index contributed by atoms with van der Waals surface area (Å²) in [4.78, 5) is 24.6. The lowest BCUT2D eigenvalue weighted by atomic mass is 9.96. The standard InChI is InChI=1S/C24H28N4O/c1-16-11-12-21-18(3)26-24(27-22(21)14-16)28-13-7-10-20(15-28)23(29)25-17(2)19-8-5-4-6-9-19/h4-6,8-9,11-12,14,17,20H,7,10,13,15H2,1-3H3,(H,25,29)/t17-,20+/m0/s1. The van der Waals surface area contributed by atoms with E-state index in [1.54, 1.807) is 0 Å². The summed E-state index contributed by atoms with van der Waals surface area (Å²) in [7, 11) is 0. The van der Waals surface area contributed by atoms with Crippen LogP contribution in [0.15, 0.2) is 48.5 Å². The Morgan fingerprint density at radius 2 is 1.93 bits per heavy atom. The monoisotopic (exact) mass is 388 g/mol. The van der Waals surface area contributed by atoms with Gasteiger partial charge in [0.25, 0.3) is 0 Å². The van der Waals surface area contributed by atoms with E-state index >= 15 is 0 Å². The van der Waals surface area contributed by atoms with Crippen molar-refractivity contribution in [2.45, 2.75) is 39.7 Å². The van der Waals surface area contributed by atoms with Crippen molar-refractivity contribution in [2.75, 3.05) is 18.0 Å². The molecule has 0 spiro atoms. The average Bonchev–Trinajstić information content (AvgIpc) is 2.74. The van der Waals surface area contributed by atoms with E-state index in [2.05, 4.69) is 35.3 Å². The Morgan fingerprint density at radius 3 is 2.72 bits per heavy atom. The summed E-state index contributed by atoms with van der Waals surface area (Å²) in [5, 5.41) is 4.27. The molecule has 0 bridgehead atoms. The highest BCUT2D eigenvalue weighted by Crippen LogP contribution is 2.25. The zero-order valence-corrected chi connectivity index (χ0v) is 17.4. The van der Waals surface area contributed by atoms with Crippen LogP contribution in [0.25, 0.3) is 10.9 Å². The second kappa shape index (κ2) is 8.19. The lowest BCUT2D eigenvalue weighted by Crippen LogP contribution is -2.44. The third kappa shape index (κ3) is 4.24. The summed E-state index contributed by atoms with van der Waals surface area (Å²) in [5.41, 5.74) is 4.26. The molecule has 1 aliphatic rings. The molecule has 0 saturated carbocycles. The molecule has 0 radical (unpaired) electrons. The van der Waals surface area contributed by atoms with Gasteiger partial charge in [-0.15, -0.1) is 0 Å². The van der Waals surface area contributed by atoms with Crippen LogP contribution >= 0.6 is 0 Å². The summed E-state index contributed by atoms with van der Waals surface area (Å²) in [6, 6.07) is 16.4. The molecule has 150 valence electrons. The number of carbonyl (C=O) groups is 1. The van der Waals surface area contributed by atoms with E-state index in [9.17, 15) is 4.79 Å². The summed E-state index contributed by atoms with van der Waals surface area (Å²) < 4.78 is 0. The lowest BCUT2D eigenvalue weighted by Gasteiger charge is -2.33. The smallest absolute Gasteiger partial charge is 0.226 e. The van der Waals surface area contributed by atoms with Crippen molar-refractivity contribution in [3.63, 3.8) is 0 Å². The van der Waals surface area contributed by atoms with Crippen molar-refractivity contribution >= 4 is 22.8 Å². The Balaban J connectivity index is 1.49. The number of amides is 1. The van der Waals surface area contributed by atoms with Crippen molar-refractivity contribution in [2.24, 2.45) is 5.92 Å². The van der Waals surface area contributed by atoms with Gasteiger partial charge in [-0.1, -0.05) is 42.5 Å². The minimum atomic E-state index is -0.0491. The normalized spacial score (nSPS) is 17.9. The Morgan fingerprint density at radius 1 is 1.14 bits per heavy atom. The van der Waals surface area contributed by atoms with Gasteiger partial charge in [0, 0.05) is 18.5 Å². The number of nitrogens with one attached hydrogen (secondary N) is 1. The molecule has 1 aromatic heterocycles. The lowest BCUT2D eigenvalue weighted by molar-refractivity contribution is -0.125. The minimum absolute atomic E-state index is 0.00113. The fourth-order valence-electron chi connectivity index (χ4n) is 4.05. The Kier molecular flexibility index (Phi) is 5.47. The van der Waals surface area contributed by atoms with Crippen LogP contribution in [0.3, 0.4) is 0 Å². The molecule has 0 unspecified atom stereocenters. The van der Waals surface area contributed by atoms with Crippen LogP contribution in [0.4, 0.5) is 5.95 Å². The number of piperidine rings is 1. The predicted molar refractivity (Wildman–Crippen MR) is 117 cm³/mol. The number of nitrogens with zero attached hydrogens (tertiary/aromatic N) is 3. The van der Waals surface area contributed by atoms with Gasteiger partial charge in [0.2, 0.25) is 11.9 Å². The van der Waals surface area contributed by atoms with Crippen LogP contribution in [0.1, 0.15) is 42.6 Å². The Bertz CT molecular complexity index is 1020. The molecule has 1 saturated heterocycles. The minimum Gasteiger partial charge on any atom is -0.349 e. The van der Waals surface area contributed by atoms with Crippen molar-refractivity contribution in [1.82, 2.24) is 15.3 Å². The Labute approximate surface area is 172 Å². The molecule has 3 aromatic rings. The fraction of sp³-hybridized carbons (Fsp3) is 0.375. The molecule has 2 heterocycles. The summed E-state index contributed by atoms with van der Waals surface area (Å²) in [5.74, 6) is 0.792. The van der Waals surface area contributed by atoms with Crippen molar-refractivity contribution < 1.29 is 4.79 Å². The van der Waals surface area contributed by atoms with Crippen LogP contribution in [0.2, 0.25) is 0 Å². The first kappa shape index (κ1) is 19.4. The van der Waals surface area contributed by atoms with E-state index in [0.717, 1.165) is 47.5 Å². The molecule has 2 atom stereocenters. The van der Waals surface area contributed by atoms with Crippen LogP contribution in [0, 0.1) is 19.8 Å². The molecule has 2 aromatic carbocycles. The van der Waals surface area contributed by atoms with Crippen LogP contribution in [0.5, 0.6) is 0 Å². The van der Waals surface area contributed by atoms with Gasteiger partial charge < -0.3 is 10.2 Å². The zero-order valence-electron chi connectivity index (χ0n) is 17.4. The number of fused-ring (bicyclic) bond motifs is 1. The predicted octanol–water partition coefficient (Wildman–Crippen LogP) is 4.34. The fourth-order valence-corrected chi connectivity index (χ4v) is 4.05. The van der Waals surface area contributed by atoms with Crippen molar-refractivity contribution in [3.8, 4) is 0 Å². The molecular weight excluding hydrogens is 360 g/mol. The number of aromatic nitrogens is 2. The van der Waals surface area contributed by atoms with Gasteiger partial charge in [-0.25, -0.2) is 9.97 Å². The Hall–Kier alpha value is -2.95. The van der Waals surface area contributed by atoms with E-state index in [0.29, 0.717) is 6.54 Å². The van der Waals surface area contributed by atoms with Gasteiger partial charge in [0.05, 0.1) is 23.2 Å². The zero-order chi connectivity index (χ0) is 20.4. The topological polar surface area (TPSA) is 58.1 Å². The molecule has 5 nitrogen and oxygen atoms in total. The molecular formula is C24H28N4O. The molecule has 29 heavy (non-hydrogen) atoms. The molecule has 4 rings (SSSR count). The number of carbonyl (C=O) groups excluding carboxylic acids is 1. The summed E-state index contributed by atoms with van der Waals surface area (Å²) in [6.45, 7) is 7.68. The van der Waals surface area contributed by atoms with E-state index in [1.165, 1.54) is 5.56 Å². The first-order chi connectivity index (χ1) is 14.0. The summed E-state index contributed by atoms with van der Waals surface area (Å²) in [6.07, 6.45) is 1.86. The number of rotatable bonds is 4. The summed E-state index contributed by atoms with van der Waals surface area (Å²) >= 11 is 0. The highest BCUT2D eigenvalue weighted by Gasteiger charge is 2.28. The molecule has 5 heteroatoms. The third-order valence-corrected chi connectivity index (χ3v) is 5.76. The number of aryl methyl sites for hydroxylation is 2. The first-order valence-electron chi connectivity index (χ1n) is 10.4.